The Hall–Kier alpha value is -1.59. The maximum atomic E-state index is 10.8. The van der Waals surface area contributed by atoms with Gasteiger partial charge in [-0.15, -0.1) is 0 Å². The van der Waals surface area contributed by atoms with Crippen LogP contribution in [0, 0.1) is 0 Å². The van der Waals surface area contributed by atoms with Crippen molar-refractivity contribution in [2.75, 3.05) is 7.11 Å². The molecule has 2 N–H and O–H groups in total. The van der Waals surface area contributed by atoms with Crippen LogP contribution in [0.4, 0.5) is 0 Å². The highest BCUT2D eigenvalue weighted by Crippen LogP contribution is 2.00. The lowest BCUT2D eigenvalue weighted by Gasteiger charge is -1.99. The van der Waals surface area contributed by atoms with Gasteiger partial charge < -0.3 is 14.8 Å². The molecule has 0 aromatic heterocycles. The summed E-state index contributed by atoms with van der Waals surface area (Å²) in [5, 5.41) is 17.8. The second-order valence-corrected chi connectivity index (χ2v) is 2.90. The predicted molar refractivity (Wildman–Crippen MR) is 57.3 cm³/mol. The second-order valence-electron chi connectivity index (χ2n) is 2.90. The van der Waals surface area contributed by atoms with Crippen LogP contribution in [-0.4, -0.2) is 30.2 Å². The molecule has 0 fully saturated rings. The topological polar surface area (TPSA) is 66.8 Å². The SMILES string of the molecule is COC(=O)C=Cc1cccc(B(O)O)c1. The Morgan fingerprint density at radius 1 is 1.47 bits per heavy atom. The van der Waals surface area contributed by atoms with Crippen molar-refractivity contribution in [2.45, 2.75) is 0 Å². The van der Waals surface area contributed by atoms with Gasteiger partial charge >= 0.3 is 13.1 Å². The van der Waals surface area contributed by atoms with Crippen molar-refractivity contribution in [1.82, 2.24) is 0 Å². The highest BCUT2D eigenvalue weighted by Gasteiger charge is 2.09. The minimum atomic E-state index is -1.50. The van der Waals surface area contributed by atoms with Crippen LogP contribution in [-0.2, 0) is 9.53 Å². The number of benzene rings is 1. The molecule has 0 spiro atoms. The van der Waals surface area contributed by atoms with Gasteiger partial charge in [-0.1, -0.05) is 24.3 Å². The van der Waals surface area contributed by atoms with Gasteiger partial charge in [-0.05, 0) is 17.1 Å². The van der Waals surface area contributed by atoms with Crippen LogP contribution >= 0.6 is 0 Å². The molecule has 15 heavy (non-hydrogen) atoms. The molecule has 78 valence electrons. The number of hydrogen-bond donors (Lipinski definition) is 2. The Balaban J connectivity index is 2.82. The third kappa shape index (κ3) is 3.57. The third-order valence-electron chi connectivity index (χ3n) is 1.82. The van der Waals surface area contributed by atoms with Gasteiger partial charge in [-0.25, -0.2) is 4.79 Å². The van der Waals surface area contributed by atoms with E-state index in [0.717, 1.165) is 0 Å². The van der Waals surface area contributed by atoms with E-state index in [1.54, 1.807) is 24.3 Å². The van der Waals surface area contributed by atoms with Crippen LogP contribution in [0.3, 0.4) is 0 Å². The smallest absolute Gasteiger partial charge is 0.466 e. The summed E-state index contributed by atoms with van der Waals surface area (Å²) in [4.78, 5) is 10.8. The van der Waals surface area contributed by atoms with Crippen LogP contribution in [0.2, 0.25) is 0 Å². The lowest BCUT2D eigenvalue weighted by Crippen LogP contribution is -2.29. The van der Waals surface area contributed by atoms with Gasteiger partial charge in [0.25, 0.3) is 0 Å². The molecule has 1 rings (SSSR count). The number of ether oxygens (including phenoxy) is 1. The number of hydrogen-bond acceptors (Lipinski definition) is 4. The number of methoxy groups -OCH3 is 1. The zero-order valence-corrected chi connectivity index (χ0v) is 8.25. The molecule has 0 saturated heterocycles. The van der Waals surface area contributed by atoms with E-state index in [-0.39, 0.29) is 0 Å². The Bertz CT molecular complexity index is 373. The average Bonchev–Trinajstić information content (AvgIpc) is 2.26. The van der Waals surface area contributed by atoms with E-state index in [4.69, 9.17) is 10.0 Å². The Kier molecular flexibility index (Phi) is 4.09. The molecule has 0 heterocycles. The number of carbonyl (C=O) groups excluding carboxylic acids is 1. The summed E-state index contributed by atoms with van der Waals surface area (Å²) in [7, 11) is -0.211. The predicted octanol–water partition coefficient (Wildman–Crippen LogP) is -0.447. The van der Waals surface area contributed by atoms with Gasteiger partial charge in [-0.2, -0.15) is 0 Å². The minimum absolute atomic E-state index is 0.377. The number of esters is 1. The first-order valence-corrected chi connectivity index (χ1v) is 4.35. The van der Waals surface area contributed by atoms with Crippen LogP contribution in [0.15, 0.2) is 30.3 Å². The maximum Gasteiger partial charge on any atom is 0.488 e. The average molecular weight is 206 g/mol. The fraction of sp³-hybridized carbons (Fsp3) is 0.100. The lowest BCUT2D eigenvalue weighted by atomic mass is 9.79. The van der Waals surface area contributed by atoms with Crippen molar-refractivity contribution in [3.8, 4) is 0 Å². The highest BCUT2D eigenvalue weighted by atomic mass is 16.5. The first kappa shape index (κ1) is 11.5. The van der Waals surface area contributed by atoms with Crippen LogP contribution in [0.1, 0.15) is 5.56 Å². The molecule has 0 amide bonds. The normalized spacial score (nSPS) is 10.3. The zero-order valence-electron chi connectivity index (χ0n) is 8.25. The Labute approximate surface area is 88.0 Å². The van der Waals surface area contributed by atoms with Crippen LogP contribution < -0.4 is 5.46 Å². The highest BCUT2D eigenvalue weighted by molar-refractivity contribution is 6.58. The van der Waals surface area contributed by atoms with Crippen molar-refractivity contribution in [3.63, 3.8) is 0 Å². The molecule has 0 saturated carbocycles. The monoisotopic (exact) mass is 206 g/mol. The van der Waals surface area contributed by atoms with Crippen molar-refractivity contribution < 1.29 is 19.6 Å². The summed E-state index contributed by atoms with van der Waals surface area (Å²) >= 11 is 0. The molecule has 0 unspecified atom stereocenters. The largest absolute Gasteiger partial charge is 0.488 e. The fourth-order valence-electron chi connectivity index (χ4n) is 1.06. The van der Waals surface area contributed by atoms with E-state index in [9.17, 15) is 4.79 Å². The first-order valence-electron chi connectivity index (χ1n) is 4.35. The van der Waals surface area contributed by atoms with E-state index in [2.05, 4.69) is 4.74 Å². The second kappa shape index (κ2) is 5.33. The summed E-state index contributed by atoms with van der Waals surface area (Å²) < 4.78 is 4.43. The van der Waals surface area contributed by atoms with Gasteiger partial charge in [0.1, 0.15) is 0 Å². The van der Waals surface area contributed by atoms with Crippen molar-refractivity contribution >= 4 is 24.6 Å². The molecule has 0 radical (unpaired) electrons. The molecule has 0 atom stereocenters. The number of rotatable bonds is 3. The molecule has 1 aromatic rings. The molecule has 0 aliphatic heterocycles. The van der Waals surface area contributed by atoms with E-state index in [0.29, 0.717) is 11.0 Å². The van der Waals surface area contributed by atoms with E-state index >= 15 is 0 Å². The standard InChI is InChI=1S/C10H11BO4/c1-15-10(12)6-5-8-3-2-4-9(7-8)11(13)14/h2-7,13-14H,1H3. The van der Waals surface area contributed by atoms with E-state index in [1.807, 2.05) is 0 Å². The summed E-state index contributed by atoms with van der Waals surface area (Å²) in [5.41, 5.74) is 1.08. The minimum Gasteiger partial charge on any atom is -0.466 e. The molecule has 5 heteroatoms. The molecule has 0 aliphatic rings. The summed E-state index contributed by atoms with van der Waals surface area (Å²) in [6.45, 7) is 0. The molecule has 4 nitrogen and oxygen atoms in total. The fourth-order valence-corrected chi connectivity index (χ4v) is 1.06. The first-order chi connectivity index (χ1) is 7.13. The Morgan fingerprint density at radius 3 is 2.80 bits per heavy atom. The Morgan fingerprint density at radius 2 is 2.20 bits per heavy atom. The van der Waals surface area contributed by atoms with Gasteiger partial charge in [0.15, 0.2) is 0 Å². The summed E-state index contributed by atoms with van der Waals surface area (Å²) in [6, 6.07) is 6.57. The molecule has 0 aliphatic carbocycles. The van der Waals surface area contributed by atoms with Crippen LogP contribution in [0.25, 0.3) is 6.08 Å². The van der Waals surface area contributed by atoms with E-state index in [1.165, 1.54) is 19.3 Å². The molecular formula is C10H11BO4. The van der Waals surface area contributed by atoms with Gasteiger partial charge in [-0.3, -0.25) is 0 Å². The van der Waals surface area contributed by atoms with Gasteiger partial charge in [0.05, 0.1) is 7.11 Å². The summed E-state index contributed by atoms with van der Waals surface area (Å²) in [5.74, 6) is -0.454. The molecule has 0 bridgehead atoms. The maximum absolute atomic E-state index is 10.8. The van der Waals surface area contributed by atoms with Crippen molar-refractivity contribution in [2.24, 2.45) is 0 Å². The van der Waals surface area contributed by atoms with Gasteiger partial charge in [0, 0.05) is 6.08 Å². The molecule has 1 aromatic carbocycles. The quantitative estimate of drug-likeness (QED) is 0.399. The lowest BCUT2D eigenvalue weighted by molar-refractivity contribution is -0.134. The number of carbonyl (C=O) groups is 1. The third-order valence-corrected chi connectivity index (χ3v) is 1.82. The van der Waals surface area contributed by atoms with Gasteiger partial charge in [0.2, 0.25) is 0 Å². The van der Waals surface area contributed by atoms with E-state index < -0.39 is 13.1 Å². The zero-order chi connectivity index (χ0) is 11.3. The van der Waals surface area contributed by atoms with Crippen molar-refractivity contribution in [3.05, 3.63) is 35.9 Å². The van der Waals surface area contributed by atoms with Crippen LogP contribution in [0.5, 0.6) is 0 Å². The summed E-state index contributed by atoms with van der Waals surface area (Å²) in [6.07, 6.45) is 2.81. The molecular weight excluding hydrogens is 195 g/mol. The van der Waals surface area contributed by atoms with Crippen molar-refractivity contribution in [1.29, 1.82) is 0 Å².